The lowest BCUT2D eigenvalue weighted by Gasteiger charge is -2.17. The summed E-state index contributed by atoms with van der Waals surface area (Å²) in [4.78, 5) is 0. The van der Waals surface area contributed by atoms with Crippen LogP contribution in [0.25, 0.3) is 11.1 Å². The number of benzene rings is 2. The maximum Gasteiger partial charge on any atom is 0.573 e. The molecule has 118 valence electrons. The van der Waals surface area contributed by atoms with E-state index in [2.05, 4.69) is 20.7 Å². The molecule has 0 saturated heterocycles. The van der Waals surface area contributed by atoms with Crippen molar-refractivity contribution >= 4 is 15.9 Å². The Hall–Kier alpha value is -1.69. The van der Waals surface area contributed by atoms with Crippen LogP contribution in [0.5, 0.6) is 11.5 Å². The number of alkyl halides is 4. The van der Waals surface area contributed by atoms with E-state index in [1.54, 1.807) is 24.3 Å². The van der Waals surface area contributed by atoms with Crippen molar-refractivity contribution in [3.8, 4) is 22.6 Å². The van der Waals surface area contributed by atoms with Crippen molar-refractivity contribution in [2.75, 3.05) is 11.9 Å². The lowest BCUT2D eigenvalue weighted by atomic mass is 10.0. The van der Waals surface area contributed by atoms with Gasteiger partial charge < -0.3 is 9.47 Å². The van der Waals surface area contributed by atoms with Crippen LogP contribution in [-0.2, 0) is 0 Å². The molecule has 2 nitrogen and oxygen atoms in total. The minimum Gasteiger partial charge on any atom is -0.492 e. The first-order chi connectivity index (χ1) is 10.4. The van der Waals surface area contributed by atoms with Crippen LogP contribution in [-0.4, -0.2) is 18.3 Å². The molecule has 0 aliphatic carbocycles. The number of hydrogen-bond donors (Lipinski definition) is 0. The first-order valence-corrected chi connectivity index (χ1v) is 7.68. The number of para-hydroxylation sites is 2. The summed E-state index contributed by atoms with van der Waals surface area (Å²) in [5, 5.41) is 0.626. The van der Waals surface area contributed by atoms with E-state index in [4.69, 9.17) is 4.74 Å². The largest absolute Gasteiger partial charge is 0.573 e. The SMILES string of the molecule is Cc1cccc(-c2ccccc2OC(F)(F)F)c1OCCBr. The highest BCUT2D eigenvalue weighted by molar-refractivity contribution is 9.09. The predicted octanol–water partition coefficient (Wildman–Crippen LogP) is 5.33. The highest BCUT2D eigenvalue weighted by atomic mass is 79.9. The summed E-state index contributed by atoms with van der Waals surface area (Å²) >= 11 is 3.27. The summed E-state index contributed by atoms with van der Waals surface area (Å²) in [6.45, 7) is 2.26. The second-order valence-corrected chi connectivity index (χ2v) is 5.33. The fourth-order valence-electron chi connectivity index (χ4n) is 2.10. The van der Waals surface area contributed by atoms with Gasteiger partial charge in [-0.15, -0.1) is 13.2 Å². The lowest BCUT2D eigenvalue weighted by molar-refractivity contribution is -0.274. The summed E-state index contributed by atoms with van der Waals surface area (Å²) in [5.74, 6) is 0.310. The van der Waals surface area contributed by atoms with Gasteiger partial charge in [-0.1, -0.05) is 52.3 Å². The quantitative estimate of drug-likeness (QED) is 0.658. The van der Waals surface area contributed by atoms with Crippen molar-refractivity contribution in [3.63, 3.8) is 0 Å². The van der Waals surface area contributed by atoms with Crippen LogP contribution >= 0.6 is 15.9 Å². The Bertz CT molecular complexity index is 642. The monoisotopic (exact) mass is 374 g/mol. The van der Waals surface area contributed by atoms with Gasteiger partial charge >= 0.3 is 6.36 Å². The molecule has 0 unspecified atom stereocenters. The zero-order valence-corrected chi connectivity index (χ0v) is 13.4. The van der Waals surface area contributed by atoms with E-state index in [-0.39, 0.29) is 5.75 Å². The number of aryl methyl sites for hydroxylation is 1. The molecule has 0 amide bonds. The Morgan fingerprint density at radius 2 is 1.68 bits per heavy atom. The standard InChI is InChI=1S/C16H14BrF3O2/c1-11-5-4-7-13(15(11)21-10-9-17)12-6-2-3-8-14(12)22-16(18,19)20/h2-8H,9-10H2,1H3. The topological polar surface area (TPSA) is 18.5 Å². The molecular formula is C16H14BrF3O2. The zero-order valence-electron chi connectivity index (χ0n) is 11.8. The Morgan fingerprint density at radius 3 is 2.36 bits per heavy atom. The molecule has 0 spiro atoms. The van der Waals surface area contributed by atoms with Gasteiger partial charge in [-0.25, -0.2) is 0 Å². The van der Waals surface area contributed by atoms with E-state index in [1.165, 1.54) is 12.1 Å². The van der Waals surface area contributed by atoms with Gasteiger partial charge in [0.25, 0.3) is 0 Å². The molecule has 0 heterocycles. The van der Waals surface area contributed by atoms with E-state index in [0.717, 1.165) is 5.56 Å². The molecule has 0 bridgehead atoms. The molecule has 0 aliphatic heterocycles. The summed E-state index contributed by atoms with van der Waals surface area (Å²) in [6, 6.07) is 11.4. The van der Waals surface area contributed by atoms with Gasteiger partial charge in [0, 0.05) is 16.5 Å². The second-order valence-electron chi connectivity index (χ2n) is 4.53. The average molecular weight is 375 g/mol. The summed E-state index contributed by atoms with van der Waals surface area (Å²) < 4.78 is 47.5. The number of ether oxygens (including phenoxy) is 2. The fourth-order valence-corrected chi connectivity index (χ4v) is 2.26. The van der Waals surface area contributed by atoms with Gasteiger partial charge in [0.05, 0.1) is 6.61 Å². The number of halogens is 4. The van der Waals surface area contributed by atoms with Crippen molar-refractivity contribution in [2.24, 2.45) is 0 Å². The molecule has 22 heavy (non-hydrogen) atoms. The summed E-state index contributed by atoms with van der Waals surface area (Å²) in [5.41, 5.74) is 1.76. The molecule has 0 N–H and O–H groups in total. The molecule has 0 fully saturated rings. The predicted molar refractivity (Wildman–Crippen MR) is 82.6 cm³/mol. The third-order valence-electron chi connectivity index (χ3n) is 2.94. The van der Waals surface area contributed by atoms with Crippen molar-refractivity contribution in [1.82, 2.24) is 0 Å². The zero-order chi connectivity index (χ0) is 16.2. The molecule has 0 radical (unpaired) electrons. The minimum atomic E-state index is -4.74. The highest BCUT2D eigenvalue weighted by Gasteiger charge is 2.32. The van der Waals surface area contributed by atoms with Crippen LogP contribution < -0.4 is 9.47 Å². The Balaban J connectivity index is 2.50. The van der Waals surface area contributed by atoms with Crippen molar-refractivity contribution < 1.29 is 22.6 Å². The molecule has 0 saturated carbocycles. The lowest BCUT2D eigenvalue weighted by Crippen LogP contribution is -2.17. The molecule has 2 rings (SSSR count). The Labute approximate surface area is 135 Å². The van der Waals surface area contributed by atoms with Crippen LogP contribution in [0, 0.1) is 6.92 Å². The molecule has 6 heteroatoms. The van der Waals surface area contributed by atoms with Gasteiger partial charge in [0.2, 0.25) is 0 Å². The maximum absolute atomic E-state index is 12.6. The van der Waals surface area contributed by atoms with Crippen LogP contribution in [0.3, 0.4) is 0 Å². The number of hydrogen-bond acceptors (Lipinski definition) is 2. The number of rotatable bonds is 5. The maximum atomic E-state index is 12.6. The molecule has 2 aromatic rings. The highest BCUT2D eigenvalue weighted by Crippen LogP contribution is 2.39. The van der Waals surface area contributed by atoms with Gasteiger partial charge in [-0.05, 0) is 18.6 Å². The minimum absolute atomic E-state index is 0.246. The van der Waals surface area contributed by atoms with Crippen LogP contribution in [0.1, 0.15) is 5.56 Å². The Kier molecular flexibility index (Phi) is 5.34. The van der Waals surface area contributed by atoms with E-state index < -0.39 is 6.36 Å². The van der Waals surface area contributed by atoms with E-state index >= 15 is 0 Å². The fraction of sp³-hybridized carbons (Fsp3) is 0.250. The third kappa shape index (κ3) is 4.16. The second kappa shape index (κ2) is 7.05. The van der Waals surface area contributed by atoms with Crippen LogP contribution in [0.4, 0.5) is 13.2 Å². The van der Waals surface area contributed by atoms with Crippen molar-refractivity contribution in [2.45, 2.75) is 13.3 Å². The molecule has 0 atom stereocenters. The molecular weight excluding hydrogens is 361 g/mol. The van der Waals surface area contributed by atoms with Crippen LogP contribution in [0.15, 0.2) is 42.5 Å². The van der Waals surface area contributed by atoms with E-state index in [0.29, 0.717) is 28.8 Å². The normalized spacial score (nSPS) is 11.3. The van der Waals surface area contributed by atoms with Crippen molar-refractivity contribution in [1.29, 1.82) is 0 Å². The van der Waals surface area contributed by atoms with Crippen molar-refractivity contribution in [3.05, 3.63) is 48.0 Å². The van der Waals surface area contributed by atoms with Crippen LogP contribution in [0.2, 0.25) is 0 Å². The summed E-state index contributed by atoms with van der Waals surface area (Å²) in [7, 11) is 0. The van der Waals surface area contributed by atoms with E-state index in [1.807, 2.05) is 13.0 Å². The third-order valence-corrected chi connectivity index (χ3v) is 3.26. The first-order valence-electron chi connectivity index (χ1n) is 6.56. The molecule has 0 aromatic heterocycles. The van der Waals surface area contributed by atoms with Gasteiger partial charge in [0.15, 0.2) is 0 Å². The average Bonchev–Trinajstić information content (AvgIpc) is 2.45. The Morgan fingerprint density at radius 1 is 1.00 bits per heavy atom. The summed E-state index contributed by atoms with van der Waals surface area (Å²) in [6.07, 6.45) is -4.74. The van der Waals surface area contributed by atoms with Gasteiger partial charge in [-0.2, -0.15) is 0 Å². The smallest absolute Gasteiger partial charge is 0.492 e. The molecule has 2 aromatic carbocycles. The van der Waals surface area contributed by atoms with Gasteiger partial charge in [0.1, 0.15) is 11.5 Å². The van der Waals surface area contributed by atoms with Gasteiger partial charge in [-0.3, -0.25) is 0 Å². The molecule has 0 aliphatic rings. The van der Waals surface area contributed by atoms with E-state index in [9.17, 15) is 13.2 Å². The first kappa shape index (κ1) is 16.7.